The summed E-state index contributed by atoms with van der Waals surface area (Å²) in [4.78, 5) is 17.2. The number of hydrogen-bond donors (Lipinski definition) is 1. The zero-order valence-electron chi connectivity index (χ0n) is 11.9. The second kappa shape index (κ2) is 5.98. The molecule has 1 aliphatic rings. The topological polar surface area (TPSA) is 96.8 Å². The summed E-state index contributed by atoms with van der Waals surface area (Å²) in [5.74, 6) is -1.36. The molecule has 0 aliphatic carbocycles. The molecule has 116 valence electrons. The highest BCUT2D eigenvalue weighted by molar-refractivity contribution is 7.90. The van der Waals surface area contributed by atoms with Crippen molar-refractivity contribution in [3.8, 4) is 0 Å². The van der Waals surface area contributed by atoms with Crippen molar-refractivity contribution in [3.05, 3.63) is 18.3 Å². The number of carboxylic acids is 1. The van der Waals surface area contributed by atoms with Crippen LogP contribution in [0.4, 0.5) is 5.82 Å². The number of aromatic nitrogens is 1. The molecular weight excluding hydrogens is 296 g/mol. The molecule has 0 radical (unpaired) electrons. The second-order valence-corrected chi connectivity index (χ2v) is 6.92. The number of likely N-dealkylation sites (N-methyl/N-ethyl adjacent to an activating group) is 1. The molecule has 0 spiro atoms. The molecule has 1 aliphatic heterocycles. The molecule has 2 atom stereocenters. The Morgan fingerprint density at radius 2 is 2.24 bits per heavy atom. The average Bonchev–Trinajstić information content (AvgIpc) is 2.88. The molecule has 8 heteroatoms. The van der Waals surface area contributed by atoms with Gasteiger partial charge in [-0.1, -0.05) is 0 Å². The standard InChI is InChI=1S/C13H18N2O5S/c1-3-15(10-8-20-7-9(10)13(16)17)12-11(21(2,18)19)5-4-6-14-12/h4-6,9-10H,3,7-8H2,1-2H3,(H,16,17). The van der Waals surface area contributed by atoms with Gasteiger partial charge in [0.1, 0.15) is 16.6 Å². The van der Waals surface area contributed by atoms with Gasteiger partial charge in [0.25, 0.3) is 0 Å². The summed E-state index contributed by atoms with van der Waals surface area (Å²) < 4.78 is 29.0. The number of ether oxygens (including phenoxy) is 1. The van der Waals surface area contributed by atoms with Gasteiger partial charge in [-0.25, -0.2) is 13.4 Å². The fourth-order valence-electron chi connectivity index (χ4n) is 2.51. The van der Waals surface area contributed by atoms with Crippen LogP contribution >= 0.6 is 0 Å². The van der Waals surface area contributed by atoms with Gasteiger partial charge in [0.05, 0.1) is 19.3 Å². The molecule has 1 aromatic rings. The Kier molecular flexibility index (Phi) is 4.48. The summed E-state index contributed by atoms with van der Waals surface area (Å²) in [5.41, 5.74) is 0. The lowest BCUT2D eigenvalue weighted by molar-refractivity contribution is -0.141. The summed E-state index contributed by atoms with van der Waals surface area (Å²) in [6.45, 7) is 2.64. The maximum absolute atomic E-state index is 11.9. The van der Waals surface area contributed by atoms with Crippen molar-refractivity contribution < 1.29 is 23.1 Å². The molecule has 1 saturated heterocycles. The number of carboxylic acid groups (broad SMARTS) is 1. The fraction of sp³-hybridized carbons (Fsp3) is 0.538. The number of pyridine rings is 1. The number of aliphatic carboxylic acids is 1. The Morgan fingerprint density at radius 3 is 2.81 bits per heavy atom. The maximum Gasteiger partial charge on any atom is 0.311 e. The van der Waals surface area contributed by atoms with Crippen LogP contribution in [0.3, 0.4) is 0 Å². The summed E-state index contributed by atoms with van der Waals surface area (Å²) >= 11 is 0. The minimum Gasteiger partial charge on any atom is -0.481 e. The predicted octanol–water partition coefficient (Wildman–Crippen LogP) is 0.411. The van der Waals surface area contributed by atoms with Crippen molar-refractivity contribution in [1.82, 2.24) is 4.98 Å². The van der Waals surface area contributed by atoms with E-state index in [0.29, 0.717) is 6.54 Å². The zero-order chi connectivity index (χ0) is 15.6. The van der Waals surface area contributed by atoms with Gasteiger partial charge in [-0.15, -0.1) is 0 Å². The third-order valence-corrected chi connectivity index (χ3v) is 4.65. The van der Waals surface area contributed by atoms with Crippen LogP contribution in [0.25, 0.3) is 0 Å². The Labute approximate surface area is 123 Å². The molecule has 2 heterocycles. The van der Waals surface area contributed by atoms with Crippen molar-refractivity contribution in [2.45, 2.75) is 17.9 Å². The summed E-state index contributed by atoms with van der Waals surface area (Å²) in [6, 6.07) is 2.60. The van der Waals surface area contributed by atoms with E-state index in [1.807, 2.05) is 6.92 Å². The van der Waals surface area contributed by atoms with Crippen molar-refractivity contribution >= 4 is 21.6 Å². The smallest absolute Gasteiger partial charge is 0.311 e. The van der Waals surface area contributed by atoms with Crippen molar-refractivity contribution in [3.63, 3.8) is 0 Å². The normalized spacial score (nSPS) is 22.2. The maximum atomic E-state index is 11.9. The molecule has 0 aromatic carbocycles. The van der Waals surface area contributed by atoms with Crippen LogP contribution in [0, 0.1) is 5.92 Å². The molecule has 1 aromatic heterocycles. The molecule has 0 saturated carbocycles. The van der Waals surface area contributed by atoms with Crippen LogP contribution in [-0.2, 0) is 19.4 Å². The van der Waals surface area contributed by atoms with Gasteiger partial charge in [0.15, 0.2) is 9.84 Å². The van der Waals surface area contributed by atoms with E-state index >= 15 is 0 Å². The Hall–Kier alpha value is -1.67. The van der Waals surface area contributed by atoms with Crippen LogP contribution in [0.1, 0.15) is 6.92 Å². The van der Waals surface area contributed by atoms with Gasteiger partial charge in [-0.05, 0) is 19.1 Å². The lowest BCUT2D eigenvalue weighted by atomic mass is 10.0. The Bertz CT molecular complexity index is 631. The first-order valence-electron chi connectivity index (χ1n) is 6.58. The van der Waals surface area contributed by atoms with E-state index in [0.717, 1.165) is 6.26 Å². The number of sulfone groups is 1. The number of nitrogens with zero attached hydrogens (tertiary/aromatic N) is 2. The summed E-state index contributed by atoms with van der Waals surface area (Å²) in [7, 11) is -3.45. The minimum atomic E-state index is -3.45. The highest BCUT2D eigenvalue weighted by atomic mass is 32.2. The first-order valence-corrected chi connectivity index (χ1v) is 8.47. The number of carbonyl (C=O) groups is 1. The second-order valence-electron chi connectivity index (χ2n) is 4.93. The van der Waals surface area contributed by atoms with Gasteiger partial charge in [-0.3, -0.25) is 4.79 Å². The van der Waals surface area contributed by atoms with Crippen molar-refractivity contribution in [1.29, 1.82) is 0 Å². The molecule has 1 N–H and O–H groups in total. The van der Waals surface area contributed by atoms with Gasteiger partial charge in [-0.2, -0.15) is 0 Å². The quantitative estimate of drug-likeness (QED) is 0.840. The third-order valence-electron chi connectivity index (χ3n) is 3.53. The predicted molar refractivity (Wildman–Crippen MR) is 76.1 cm³/mol. The Morgan fingerprint density at radius 1 is 1.52 bits per heavy atom. The number of anilines is 1. The van der Waals surface area contributed by atoms with E-state index in [2.05, 4.69) is 4.98 Å². The number of hydrogen-bond acceptors (Lipinski definition) is 6. The fourth-order valence-corrected chi connectivity index (χ4v) is 3.34. The van der Waals surface area contributed by atoms with E-state index in [1.165, 1.54) is 12.3 Å². The minimum absolute atomic E-state index is 0.0999. The van der Waals surface area contributed by atoms with Gasteiger partial charge < -0.3 is 14.7 Å². The lowest BCUT2D eigenvalue weighted by Gasteiger charge is -2.31. The number of rotatable bonds is 5. The highest BCUT2D eigenvalue weighted by Crippen LogP contribution is 2.29. The zero-order valence-corrected chi connectivity index (χ0v) is 12.7. The SMILES string of the molecule is CCN(c1ncccc1S(C)(=O)=O)C1COCC1C(=O)O. The summed E-state index contributed by atoms with van der Waals surface area (Å²) in [5, 5.41) is 9.26. The van der Waals surface area contributed by atoms with Gasteiger partial charge in [0, 0.05) is 19.0 Å². The average molecular weight is 314 g/mol. The van der Waals surface area contributed by atoms with Gasteiger partial charge in [0.2, 0.25) is 0 Å². The van der Waals surface area contributed by atoms with Crippen LogP contribution in [-0.4, -0.2) is 56.5 Å². The lowest BCUT2D eigenvalue weighted by Crippen LogP contribution is -2.44. The third kappa shape index (κ3) is 3.16. The Balaban J connectivity index is 2.45. The summed E-state index contributed by atoms with van der Waals surface area (Å²) in [6.07, 6.45) is 2.61. The van der Waals surface area contributed by atoms with Crippen LogP contribution in [0.15, 0.2) is 23.2 Å². The monoisotopic (exact) mass is 314 g/mol. The van der Waals surface area contributed by atoms with Crippen LogP contribution in [0.5, 0.6) is 0 Å². The van der Waals surface area contributed by atoms with Crippen LogP contribution in [0.2, 0.25) is 0 Å². The molecule has 2 rings (SSSR count). The highest BCUT2D eigenvalue weighted by Gasteiger charge is 2.39. The van der Waals surface area contributed by atoms with Crippen molar-refractivity contribution in [2.75, 3.05) is 30.9 Å². The van der Waals surface area contributed by atoms with E-state index in [4.69, 9.17) is 4.74 Å². The molecule has 0 bridgehead atoms. The molecule has 2 unspecified atom stereocenters. The molecule has 1 fully saturated rings. The molecular formula is C13H18N2O5S. The first kappa shape index (κ1) is 15.7. The largest absolute Gasteiger partial charge is 0.481 e. The molecule has 0 amide bonds. The molecule has 21 heavy (non-hydrogen) atoms. The van der Waals surface area contributed by atoms with E-state index in [9.17, 15) is 18.3 Å². The van der Waals surface area contributed by atoms with Crippen molar-refractivity contribution in [2.24, 2.45) is 5.92 Å². The van der Waals surface area contributed by atoms with E-state index < -0.39 is 27.8 Å². The molecule has 7 nitrogen and oxygen atoms in total. The van der Waals surface area contributed by atoms with Gasteiger partial charge >= 0.3 is 5.97 Å². The van der Waals surface area contributed by atoms with E-state index in [1.54, 1.807) is 11.0 Å². The van der Waals surface area contributed by atoms with Crippen LogP contribution < -0.4 is 4.90 Å². The first-order chi connectivity index (χ1) is 9.86. The van der Waals surface area contributed by atoms with E-state index in [-0.39, 0.29) is 23.9 Å².